The fourth-order valence-corrected chi connectivity index (χ4v) is 2.74. The second kappa shape index (κ2) is 8.56. The van der Waals surface area contributed by atoms with Crippen LogP contribution in [0.1, 0.15) is 31.7 Å². The number of urea groups is 1. The van der Waals surface area contributed by atoms with Gasteiger partial charge < -0.3 is 15.1 Å². The lowest BCUT2D eigenvalue weighted by Gasteiger charge is -2.30. The Morgan fingerprint density at radius 3 is 2.52 bits per heavy atom. The molecule has 0 radical (unpaired) electrons. The molecule has 1 fully saturated rings. The highest BCUT2D eigenvalue weighted by Crippen LogP contribution is 2.15. The minimum atomic E-state index is -0.0459. The molecule has 1 aliphatic rings. The van der Waals surface area contributed by atoms with E-state index in [1.54, 1.807) is 11.9 Å². The summed E-state index contributed by atoms with van der Waals surface area (Å²) < 4.78 is 0. The molecule has 0 bridgehead atoms. The Morgan fingerprint density at radius 2 is 1.87 bits per heavy atom. The zero-order chi connectivity index (χ0) is 16.7. The third-order valence-electron chi connectivity index (χ3n) is 4.37. The van der Waals surface area contributed by atoms with Crippen LogP contribution in [0.5, 0.6) is 0 Å². The van der Waals surface area contributed by atoms with E-state index in [1.807, 2.05) is 35.2 Å². The number of nitrogens with zero attached hydrogens (tertiary/aromatic N) is 2. The van der Waals surface area contributed by atoms with Crippen LogP contribution in [-0.4, -0.2) is 48.4 Å². The molecular formula is C18H27N3O2. The second-order valence-corrected chi connectivity index (χ2v) is 6.39. The van der Waals surface area contributed by atoms with Crippen LogP contribution < -0.4 is 5.32 Å². The Morgan fingerprint density at radius 1 is 1.22 bits per heavy atom. The van der Waals surface area contributed by atoms with Gasteiger partial charge in [-0.25, -0.2) is 4.79 Å². The van der Waals surface area contributed by atoms with E-state index < -0.39 is 0 Å². The van der Waals surface area contributed by atoms with Gasteiger partial charge in [0.25, 0.3) is 0 Å². The molecule has 5 nitrogen and oxygen atoms in total. The lowest BCUT2D eigenvalue weighted by Crippen LogP contribution is -2.45. The Balaban J connectivity index is 1.67. The van der Waals surface area contributed by atoms with Crippen molar-refractivity contribution in [1.82, 2.24) is 15.1 Å². The normalized spacial score (nSPS) is 15.3. The number of nitrogens with one attached hydrogen (secondary N) is 1. The average Bonchev–Trinajstić information content (AvgIpc) is 2.56. The van der Waals surface area contributed by atoms with E-state index in [4.69, 9.17) is 0 Å². The topological polar surface area (TPSA) is 52.7 Å². The molecule has 1 aromatic rings. The monoisotopic (exact) mass is 317 g/mol. The summed E-state index contributed by atoms with van der Waals surface area (Å²) in [7, 11) is 1.79. The molecule has 0 aliphatic carbocycles. The maximum absolute atomic E-state index is 12.1. The van der Waals surface area contributed by atoms with E-state index in [9.17, 15) is 9.59 Å². The molecule has 3 amide bonds. The number of carbonyl (C=O) groups is 2. The predicted molar refractivity (Wildman–Crippen MR) is 90.9 cm³/mol. The summed E-state index contributed by atoms with van der Waals surface area (Å²) in [5.74, 6) is 0.744. The molecule has 0 aromatic heterocycles. The summed E-state index contributed by atoms with van der Waals surface area (Å²) in [6.45, 7) is 4.83. The Bertz CT molecular complexity index is 510. The van der Waals surface area contributed by atoms with E-state index in [2.05, 4.69) is 12.2 Å². The lowest BCUT2D eigenvalue weighted by atomic mass is 10.00. The maximum atomic E-state index is 12.1. The fraction of sp³-hybridized carbons (Fsp3) is 0.556. The minimum Gasteiger partial charge on any atom is -0.341 e. The van der Waals surface area contributed by atoms with Crippen LogP contribution in [0, 0.1) is 5.92 Å². The van der Waals surface area contributed by atoms with Crippen molar-refractivity contribution in [2.45, 2.75) is 32.7 Å². The molecule has 1 N–H and O–H groups in total. The van der Waals surface area contributed by atoms with Crippen molar-refractivity contribution in [3.05, 3.63) is 35.9 Å². The first-order valence-electron chi connectivity index (χ1n) is 8.37. The van der Waals surface area contributed by atoms with Gasteiger partial charge in [0.1, 0.15) is 0 Å². The molecule has 0 atom stereocenters. The molecule has 1 saturated heterocycles. The van der Waals surface area contributed by atoms with E-state index in [0.717, 1.165) is 31.5 Å². The van der Waals surface area contributed by atoms with Gasteiger partial charge >= 0.3 is 6.03 Å². The molecule has 1 aliphatic heterocycles. The molecule has 0 saturated carbocycles. The number of carbonyl (C=O) groups excluding carboxylic acids is 2. The standard InChI is InChI=1S/C18H27N3O2/c1-15-9-12-21(13-10-15)18(23)19-11-8-17(22)20(2)14-16-6-4-3-5-7-16/h3-7,15H,8-14H2,1-2H3,(H,19,23). The largest absolute Gasteiger partial charge is 0.341 e. The molecule has 126 valence electrons. The van der Waals surface area contributed by atoms with Gasteiger partial charge in [-0.15, -0.1) is 0 Å². The second-order valence-electron chi connectivity index (χ2n) is 6.39. The molecule has 0 unspecified atom stereocenters. The molecule has 1 aromatic carbocycles. The highest BCUT2D eigenvalue weighted by atomic mass is 16.2. The smallest absolute Gasteiger partial charge is 0.317 e. The average molecular weight is 317 g/mol. The number of likely N-dealkylation sites (tertiary alicyclic amines) is 1. The molecular weight excluding hydrogens is 290 g/mol. The van der Waals surface area contributed by atoms with E-state index >= 15 is 0 Å². The van der Waals surface area contributed by atoms with Crippen molar-refractivity contribution in [3.63, 3.8) is 0 Å². The van der Waals surface area contributed by atoms with Crippen molar-refractivity contribution in [1.29, 1.82) is 0 Å². The van der Waals surface area contributed by atoms with Crippen LogP contribution in [0.3, 0.4) is 0 Å². The van der Waals surface area contributed by atoms with E-state index in [0.29, 0.717) is 25.4 Å². The van der Waals surface area contributed by atoms with Crippen LogP contribution in [0.25, 0.3) is 0 Å². The minimum absolute atomic E-state index is 0.0430. The molecule has 23 heavy (non-hydrogen) atoms. The molecule has 2 rings (SSSR count). The van der Waals surface area contributed by atoms with Crippen molar-refractivity contribution >= 4 is 11.9 Å². The maximum Gasteiger partial charge on any atom is 0.317 e. The summed E-state index contributed by atoms with van der Waals surface area (Å²) >= 11 is 0. The number of piperidine rings is 1. The first kappa shape index (κ1) is 17.3. The quantitative estimate of drug-likeness (QED) is 0.907. The van der Waals surface area contributed by atoms with E-state index in [-0.39, 0.29) is 11.9 Å². The van der Waals surface area contributed by atoms with Gasteiger partial charge in [-0.3, -0.25) is 4.79 Å². The van der Waals surface area contributed by atoms with Gasteiger partial charge in [0.2, 0.25) is 5.91 Å². The van der Waals surface area contributed by atoms with Gasteiger partial charge in [-0.05, 0) is 24.3 Å². The Hall–Kier alpha value is -2.04. The third kappa shape index (κ3) is 5.58. The zero-order valence-electron chi connectivity index (χ0n) is 14.1. The highest BCUT2D eigenvalue weighted by molar-refractivity contribution is 5.78. The summed E-state index contributed by atoms with van der Waals surface area (Å²) in [5.41, 5.74) is 1.11. The summed E-state index contributed by atoms with van der Waals surface area (Å²) in [4.78, 5) is 27.7. The molecule has 5 heteroatoms. The fourth-order valence-electron chi connectivity index (χ4n) is 2.74. The Kier molecular flexibility index (Phi) is 6.44. The van der Waals surface area contributed by atoms with Crippen molar-refractivity contribution in [3.8, 4) is 0 Å². The first-order chi connectivity index (χ1) is 11.1. The van der Waals surface area contributed by atoms with Crippen LogP contribution >= 0.6 is 0 Å². The van der Waals surface area contributed by atoms with Gasteiger partial charge in [0.15, 0.2) is 0 Å². The van der Waals surface area contributed by atoms with Crippen LogP contribution in [0.4, 0.5) is 4.79 Å². The molecule has 1 heterocycles. The number of rotatable bonds is 5. The van der Waals surface area contributed by atoms with Crippen LogP contribution in [0.15, 0.2) is 30.3 Å². The highest BCUT2D eigenvalue weighted by Gasteiger charge is 2.20. The van der Waals surface area contributed by atoms with Crippen LogP contribution in [-0.2, 0) is 11.3 Å². The van der Waals surface area contributed by atoms with Crippen molar-refractivity contribution < 1.29 is 9.59 Å². The molecule has 0 spiro atoms. The van der Waals surface area contributed by atoms with Crippen molar-refractivity contribution in [2.75, 3.05) is 26.7 Å². The number of amides is 3. The number of hydrogen-bond acceptors (Lipinski definition) is 2. The van der Waals surface area contributed by atoms with Gasteiger partial charge in [0, 0.05) is 39.6 Å². The summed E-state index contributed by atoms with van der Waals surface area (Å²) in [6, 6.07) is 9.85. The van der Waals surface area contributed by atoms with Gasteiger partial charge in [-0.1, -0.05) is 37.3 Å². The van der Waals surface area contributed by atoms with Gasteiger partial charge in [-0.2, -0.15) is 0 Å². The summed E-state index contributed by atoms with van der Waals surface area (Å²) in [6.07, 6.45) is 2.46. The van der Waals surface area contributed by atoms with Crippen LogP contribution in [0.2, 0.25) is 0 Å². The zero-order valence-corrected chi connectivity index (χ0v) is 14.1. The van der Waals surface area contributed by atoms with E-state index in [1.165, 1.54) is 0 Å². The number of hydrogen-bond donors (Lipinski definition) is 1. The van der Waals surface area contributed by atoms with Crippen molar-refractivity contribution in [2.24, 2.45) is 5.92 Å². The summed E-state index contributed by atoms with van der Waals surface area (Å²) in [5, 5.41) is 2.86. The third-order valence-corrected chi connectivity index (χ3v) is 4.37. The lowest BCUT2D eigenvalue weighted by molar-refractivity contribution is -0.130. The SMILES string of the molecule is CC1CCN(C(=O)NCCC(=O)N(C)Cc2ccccc2)CC1. The number of benzene rings is 1. The van der Waals surface area contributed by atoms with Gasteiger partial charge in [0.05, 0.1) is 0 Å². The Labute approximate surface area is 138 Å². The predicted octanol–water partition coefficient (Wildman–Crippen LogP) is 2.48. The first-order valence-corrected chi connectivity index (χ1v) is 8.37.